The second-order valence-corrected chi connectivity index (χ2v) is 8.26. The second kappa shape index (κ2) is 13.7. The molecule has 1 amide bonds. The highest BCUT2D eigenvalue weighted by atomic mass is 16.6. The standard InChI is InChI=1S/C27H35NO7/c1-4-33-24-20-9-5-7-11-22(20)25(23-12-8-6-10-21(23)24)35-27(30)28-13-14-31-15-16-32-17-18-34-26(29)19(2)3/h5,7,9,11H,2,4,6,8,10,12-18H2,1,3H3,(H,28,30). The minimum atomic E-state index is -0.508. The summed E-state index contributed by atoms with van der Waals surface area (Å²) in [5.74, 6) is 1.11. The fraction of sp³-hybridized carbons (Fsp3) is 0.481. The zero-order valence-corrected chi connectivity index (χ0v) is 20.7. The molecule has 0 unspecified atom stereocenters. The van der Waals surface area contributed by atoms with Crippen molar-refractivity contribution < 1.29 is 33.3 Å². The first-order valence-corrected chi connectivity index (χ1v) is 12.2. The van der Waals surface area contributed by atoms with E-state index >= 15 is 0 Å². The maximum atomic E-state index is 12.6. The second-order valence-electron chi connectivity index (χ2n) is 8.26. The minimum absolute atomic E-state index is 0.170. The summed E-state index contributed by atoms with van der Waals surface area (Å²) in [5.41, 5.74) is 2.57. The quantitative estimate of drug-likeness (QED) is 0.256. The van der Waals surface area contributed by atoms with E-state index in [4.69, 9.17) is 23.7 Å². The lowest BCUT2D eigenvalue weighted by Gasteiger charge is -2.24. The maximum Gasteiger partial charge on any atom is 0.412 e. The van der Waals surface area contributed by atoms with Crippen LogP contribution in [0.4, 0.5) is 4.79 Å². The molecule has 1 aliphatic carbocycles. The van der Waals surface area contributed by atoms with Gasteiger partial charge in [0.1, 0.15) is 18.1 Å². The van der Waals surface area contributed by atoms with Gasteiger partial charge in [-0.05, 0) is 39.5 Å². The first-order chi connectivity index (χ1) is 17.0. The molecule has 0 spiro atoms. The number of ether oxygens (including phenoxy) is 5. The summed E-state index contributed by atoms with van der Waals surface area (Å²) in [7, 11) is 0. The van der Waals surface area contributed by atoms with Crippen molar-refractivity contribution in [2.45, 2.75) is 39.5 Å². The third-order valence-corrected chi connectivity index (χ3v) is 5.61. The van der Waals surface area contributed by atoms with E-state index in [2.05, 4.69) is 11.9 Å². The van der Waals surface area contributed by atoms with Gasteiger partial charge in [-0.1, -0.05) is 30.8 Å². The summed E-state index contributed by atoms with van der Waals surface area (Å²) in [5, 5.41) is 4.60. The highest BCUT2D eigenvalue weighted by Crippen LogP contribution is 2.44. The molecule has 1 N–H and O–H groups in total. The number of amides is 1. The van der Waals surface area contributed by atoms with Crippen LogP contribution >= 0.6 is 0 Å². The molecule has 8 heteroatoms. The molecule has 0 bridgehead atoms. The Morgan fingerprint density at radius 3 is 2.17 bits per heavy atom. The number of carbonyl (C=O) groups is 2. The van der Waals surface area contributed by atoms with Gasteiger partial charge < -0.3 is 29.0 Å². The molecule has 0 saturated heterocycles. The summed E-state index contributed by atoms with van der Waals surface area (Å²) in [6.07, 6.45) is 3.42. The number of benzene rings is 2. The molecule has 0 fully saturated rings. The van der Waals surface area contributed by atoms with E-state index in [-0.39, 0.29) is 13.2 Å². The van der Waals surface area contributed by atoms with Crippen LogP contribution in [-0.2, 0) is 31.8 Å². The molecule has 35 heavy (non-hydrogen) atoms. The summed E-state index contributed by atoms with van der Waals surface area (Å²) in [6, 6.07) is 7.90. The number of esters is 1. The van der Waals surface area contributed by atoms with Crippen LogP contribution in [0.5, 0.6) is 11.5 Å². The monoisotopic (exact) mass is 485 g/mol. The molecule has 1 aliphatic rings. The third-order valence-electron chi connectivity index (χ3n) is 5.61. The normalized spacial score (nSPS) is 12.6. The molecule has 2 aromatic carbocycles. The molecule has 0 aromatic heterocycles. The number of fused-ring (bicyclic) bond motifs is 2. The Bertz CT molecular complexity index is 1030. The van der Waals surface area contributed by atoms with E-state index in [0.717, 1.165) is 53.3 Å². The number of carbonyl (C=O) groups excluding carboxylic acids is 2. The Hall–Kier alpha value is -3.10. The topological polar surface area (TPSA) is 92.3 Å². The fourth-order valence-corrected chi connectivity index (χ4v) is 4.03. The molecular weight excluding hydrogens is 450 g/mol. The van der Waals surface area contributed by atoms with Crippen molar-refractivity contribution in [3.63, 3.8) is 0 Å². The van der Waals surface area contributed by atoms with Crippen LogP contribution in [0.1, 0.15) is 37.8 Å². The third kappa shape index (κ3) is 7.44. The van der Waals surface area contributed by atoms with E-state index in [1.54, 1.807) is 6.92 Å². The average Bonchev–Trinajstić information content (AvgIpc) is 2.86. The number of hydrogen-bond donors (Lipinski definition) is 1. The van der Waals surface area contributed by atoms with E-state index < -0.39 is 12.1 Å². The summed E-state index contributed by atoms with van der Waals surface area (Å²) >= 11 is 0. The Balaban J connectivity index is 1.46. The van der Waals surface area contributed by atoms with Crippen molar-refractivity contribution in [1.82, 2.24) is 5.32 Å². The molecule has 2 aromatic rings. The van der Waals surface area contributed by atoms with Crippen LogP contribution in [-0.4, -0.2) is 58.2 Å². The zero-order chi connectivity index (χ0) is 25.0. The lowest BCUT2D eigenvalue weighted by Crippen LogP contribution is -2.31. The summed E-state index contributed by atoms with van der Waals surface area (Å²) in [4.78, 5) is 23.8. The van der Waals surface area contributed by atoms with E-state index in [9.17, 15) is 9.59 Å². The van der Waals surface area contributed by atoms with Crippen LogP contribution in [0.15, 0.2) is 36.4 Å². The fourth-order valence-electron chi connectivity index (χ4n) is 4.03. The molecular formula is C27H35NO7. The number of rotatable bonds is 13. The summed E-state index contributed by atoms with van der Waals surface area (Å²) in [6.45, 7) is 9.49. The Kier molecular flexibility index (Phi) is 10.4. The van der Waals surface area contributed by atoms with Crippen LogP contribution in [0.25, 0.3) is 10.8 Å². The van der Waals surface area contributed by atoms with Gasteiger partial charge in [-0.15, -0.1) is 0 Å². The van der Waals surface area contributed by atoms with Crippen molar-refractivity contribution in [3.8, 4) is 11.5 Å². The predicted octanol–water partition coefficient (Wildman–Crippen LogP) is 4.36. The minimum Gasteiger partial charge on any atom is -0.493 e. The molecule has 190 valence electrons. The largest absolute Gasteiger partial charge is 0.493 e. The molecule has 0 radical (unpaired) electrons. The molecule has 8 nitrogen and oxygen atoms in total. The molecule has 0 atom stereocenters. The number of nitrogens with one attached hydrogen (secondary N) is 1. The van der Waals surface area contributed by atoms with Gasteiger partial charge in [0.2, 0.25) is 0 Å². The van der Waals surface area contributed by atoms with Gasteiger partial charge in [0, 0.05) is 34.0 Å². The van der Waals surface area contributed by atoms with Gasteiger partial charge in [-0.3, -0.25) is 0 Å². The van der Waals surface area contributed by atoms with Gasteiger partial charge in [0.25, 0.3) is 0 Å². The Morgan fingerprint density at radius 1 is 0.914 bits per heavy atom. The Morgan fingerprint density at radius 2 is 1.51 bits per heavy atom. The van der Waals surface area contributed by atoms with E-state index in [1.165, 1.54) is 0 Å². The summed E-state index contributed by atoms with van der Waals surface area (Å²) < 4.78 is 27.6. The Labute approximate surface area is 206 Å². The van der Waals surface area contributed by atoms with E-state index in [1.807, 2.05) is 31.2 Å². The lowest BCUT2D eigenvalue weighted by atomic mass is 9.87. The lowest BCUT2D eigenvalue weighted by molar-refractivity contribution is -0.140. The molecule has 0 aliphatic heterocycles. The highest BCUT2D eigenvalue weighted by Gasteiger charge is 2.24. The van der Waals surface area contributed by atoms with Crippen LogP contribution in [0.2, 0.25) is 0 Å². The molecule has 0 saturated carbocycles. The molecule has 0 heterocycles. The first-order valence-electron chi connectivity index (χ1n) is 12.2. The number of hydrogen-bond acceptors (Lipinski definition) is 7. The van der Waals surface area contributed by atoms with Gasteiger partial charge in [0.15, 0.2) is 0 Å². The zero-order valence-electron chi connectivity index (χ0n) is 20.7. The van der Waals surface area contributed by atoms with Crippen molar-refractivity contribution in [3.05, 3.63) is 47.5 Å². The smallest absolute Gasteiger partial charge is 0.412 e. The van der Waals surface area contributed by atoms with E-state index in [0.29, 0.717) is 44.3 Å². The van der Waals surface area contributed by atoms with Crippen molar-refractivity contribution in [2.75, 3.05) is 46.2 Å². The van der Waals surface area contributed by atoms with Crippen LogP contribution in [0, 0.1) is 0 Å². The molecule has 3 rings (SSSR count). The van der Waals surface area contributed by atoms with Gasteiger partial charge >= 0.3 is 12.1 Å². The van der Waals surface area contributed by atoms with Crippen molar-refractivity contribution in [2.24, 2.45) is 0 Å². The van der Waals surface area contributed by atoms with Gasteiger partial charge in [-0.2, -0.15) is 0 Å². The maximum absolute atomic E-state index is 12.6. The highest BCUT2D eigenvalue weighted by molar-refractivity contribution is 5.97. The van der Waals surface area contributed by atoms with Crippen molar-refractivity contribution >= 4 is 22.8 Å². The predicted molar refractivity (Wildman–Crippen MR) is 133 cm³/mol. The van der Waals surface area contributed by atoms with Crippen molar-refractivity contribution in [1.29, 1.82) is 0 Å². The van der Waals surface area contributed by atoms with Crippen LogP contribution in [0.3, 0.4) is 0 Å². The van der Waals surface area contributed by atoms with Gasteiger partial charge in [0.05, 0.1) is 33.0 Å². The van der Waals surface area contributed by atoms with Gasteiger partial charge in [-0.25, -0.2) is 9.59 Å². The van der Waals surface area contributed by atoms with Crippen LogP contribution < -0.4 is 14.8 Å². The average molecular weight is 486 g/mol. The first kappa shape index (κ1) is 26.5. The SMILES string of the molecule is C=C(C)C(=O)OCCOCCOCCNC(=O)Oc1c2c(c(OCC)c3ccccc13)CCCC2.